The van der Waals surface area contributed by atoms with Crippen LogP contribution < -0.4 is 4.74 Å². The minimum Gasteiger partial charge on any atom is -0.471 e. The van der Waals surface area contributed by atoms with E-state index in [1.54, 1.807) is 24.3 Å². The Morgan fingerprint density at radius 1 is 1.11 bits per heavy atom. The summed E-state index contributed by atoms with van der Waals surface area (Å²) in [5, 5.41) is 0.431. The Kier molecular flexibility index (Phi) is 3.72. The summed E-state index contributed by atoms with van der Waals surface area (Å²) in [5.41, 5.74) is 0.588. The molecule has 0 spiro atoms. The van der Waals surface area contributed by atoms with Crippen molar-refractivity contribution in [3.63, 3.8) is 0 Å². The SMILES string of the molecule is Fc1cc(F)c(OCc2ccccc2Cl)nc1F. The monoisotopic (exact) mass is 273 g/mol. The standard InChI is InChI=1S/C12H7ClF3NO/c13-8-4-2-1-3-7(8)6-18-12-10(15)5-9(14)11(16)17-12/h1-5H,6H2. The third-order valence-electron chi connectivity index (χ3n) is 2.18. The predicted octanol–water partition coefficient (Wildman–Crippen LogP) is 3.73. The molecular formula is C12H7ClF3NO. The highest BCUT2D eigenvalue weighted by molar-refractivity contribution is 6.31. The molecule has 0 amide bonds. The molecule has 0 aliphatic carbocycles. The molecular weight excluding hydrogens is 267 g/mol. The van der Waals surface area contributed by atoms with E-state index in [9.17, 15) is 13.2 Å². The van der Waals surface area contributed by atoms with Gasteiger partial charge in [0.2, 0.25) is 0 Å². The van der Waals surface area contributed by atoms with Crippen LogP contribution in [0.25, 0.3) is 0 Å². The first-order valence-electron chi connectivity index (χ1n) is 4.95. The third-order valence-corrected chi connectivity index (χ3v) is 2.55. The molecule has 2 nitrogen and oxygen atoms in total. The zero-order valence-electron chi connectivity index (χ0n) is 8.96. The van der Waals surface area contributed by atoms with Crippen molar-refractivity contribution in [2.24, 2.45) is 0 Å². The van der Waals surface area contributed by atoms with E-state index in [-0.39, 0.29) is 6.61 Å². The average Bonchev–Trinajstić information content (AvgIpc) is 2.34. The normalized spacial score (nSPS) is 10.4. The molecule has 2 rings (SSSR count). The Labute approximate surface area is 106 Å². The Balaban J connectivity index is 2.16. The van der Waals surface area contributed by atoms with Gasteiger partial charge in [-0.3, -0.25) is 0 Å². The van der Waals surface area contributed by atoms with E-state index in [4.69, 9.17) is 16.3 Å². The summed E-state index contributed by atoms with van der Waals surface area (Å²) < 4.78 is 43.6. The number of nitrogens with zero attached hydrogens (tertiary/aromatic N) is 1. The summed E-state index contributed by atoms with van der Waals surface area (Å²) in [4.78, 5) is 3.04. The second-order valence-corrected chi connectivity index (χ2v) is 3.84. The molecule has 2 aromatic rings. The molecule has 18 heavy (non-hydrogen) atoms. The van der Waals surface area contributed by atoms with E-state index in [1.807, 2.05) is 0 Å². The zero-order chi connectivity index (χ0) is 13.1. The van der Waals surface area contributed by atoms with Gasteiger partial charge in [-0.25, -0.2) is 8.78 Å². The fraction of sp³-hybridized carbons (Fsp3) is 0.0833. The second kappa shape index (κ2) is 5.27. The van der Waals surface area contributed by atoms with Gasteiger partial charge in [-0.2, -0.15) is 9.37 Å². The van der Waals surface area contributed by atoms with Crippen molar-refractivity contribution in [1.82, 2.24) is 4.98 Å². The number of hydrogen-bond acceptors (Lipinski definition) is 2. The van der Waals surface area contributed by atoms with Gasteiger partial charge in [-0.05, 0) is 6.07 Å². The topological polar surface area (TPSA) is 22.1 Å². The number of pyridine rings is 1. The number of ether oxygens (including phenoxy) is 1. The van der Waals surface area contributed by atoms with Crippen molar-refractivity contribution in [3.05, 3.63) is 58.5 Å². The molecule has 0 atom stereocenters. The second-order valence-electron chi connectivity index (χ2n) is 3.43. The summed E-state index contributed by atoms with van der Waals surface area (Å²) >= 11 is 5.86. The summed E-state index contributed by atoms with van der Waals surface area (Å²) in [6.45, 7) is -0.0886. The maximum atomic E-state index is 13.2. The molecule has 0 fully saturated rings. The van der Waals surface area contributed by atoms with Crippen LogP contribution in [0.1, 0.15) is 5.56 Å². The molecule has 0 aliphatic heterocycles. The highest BCUT2D eigenvalue weighted by Crippen LogP contribution is 2.20. The summed E-state index contributed by atoms with van der Waals surface area (Å²) in [5.74, 6) is -4.45. The van der Waals surface area contributed by atoms with Gasteiger partial charge in [-0.1, -0.05) is 29.8 Å². The van der Waals surface area contributed by atoms with Crippen LogP contribution in [0, 0.1) is 17.6 Å². The van der Waals surface area contributed by atoms with E-state index in [1.165, 1.54) is 0 Å². The first-order chi connectivity index (χ1) is 8.58. The fourth-order valence-corrected chi connectivity index (χ4v) is 1.48. The van der Waals surface area contributed by atoms with Gasteiger partial charge in [0.25, 0.3) is 11.8 Å². The number of rotatable bonds is 3. The molecule has 1 aromatic carbocycles. The van der Waals surface area contributed by atoms with Crippen molar-refractivity contribution in [1.29, 1.82) is 0 Å². The largest absolute Gasteiger partial charge is 0.471 e. The van der Waals surface area contributed by atoms with Crippen molar-refractivity contribution in [2.45, 2.75) is 6.61 Å². The summed E-state index contributed by atoms with van der Waals surface area (Å²) in [6, 6.07) is 7.13. The van der Waals surface area contributed by atoms with Crippen LogP contribution in [0.5, 0.6) is 5.88 Å². The third kappa shape index (κ3) is 2.73. The molecule has 0 saturated heterocycles. The van der Waals surface area contributed by atoms with Crippen LogP contribution in [-0.4, -0.2) is 4.98 Å². The van der Waals surface area contributed by atoms with Crippen LogP contribution in [-0.2, 0) is 6.61 Å². The van der Waals surface area contributed by atoms with E-state index >= 15 is 0 Å². The first-order valence-corrected chi connectivity index (χ1v) is 5.33. The highest BCUT2D eigenvalue weighted by Gasteiger charge is 2.13. The van der Waals surface area contributed by atoms with Gasteiger partial charge in [0, 0.05) is 16.7 Å². The number of hydrogen-bond donors (Lipinski definition) is 0. The quantitative estimate of drug-likeness (QED) is 0.795. The molecule has 0 unspecified atom stereocenters. The van der Waals surface area contributed by atoms with Gasteiger partial charge in [-0.15, -0.1) is 0 Å². The van der Waals surface area contributed by atoms with Gasteiger partial charge in [0.05, 0.1) is 0 Å². The maximum absolute atomic E-state index is 13.2. The van der Waals surface area contributed by atoms with Crippen LogP contribution in [0.2, 0.25) is 5.02 Å². The Bertz CT molecular complexity index is 577. The van der Waals surface area contributed by atoms with E-state index in [0.717, 1.165) is 0 Å². The average molecular weight is 274 g/mol. The van der Waals surface area contributed by atoms with E-state index in [2.05, 4.69) is 4.98 Å². The Morgan fingerprint density at radius 3 is 2.56 bits per heavy atom. The molecule has 0 saturated carbocycles. The summed E-state index contributed by atoms with van der Waals surface area (Å²) in [7, 11) is 0. The predicted molar refractivity (Wildman–Crippen MR) is 59.9 cm³/mol. The number of benzene rings is 1. The van der Waals surface area contributed by atoms with Crippen molar-refractivity contribution < 1.29 is 17.9 Å². The molecule has 0 aliphatic rings. The van der Waals surface area contributed by atoms with Gasteiger partial charge in [0.1, 0.15) is 6.61 Å². The minimum absolute atomic E-state index is 0.0886. The lowest BCUT2D eigenvalue weighted by atomic mass is 10.2. The Hall–Kier alpha value is -1.75. The van der Waals surface area contributed by atoms with Crippen LogP contribution in [0.4, 0.5) is 13.2 Å². The lowest BCUT2D eigenvalue weighted by Gasteiger charge is -2.07. The Morgan fingerprint density at radius 2 is 1.83 bits per heavy atom. The maximum Gasteiger partial charge on any atom is 0.253 e. The van der Waals surface area contributed by atoms with Gasteiger partial charge in [0.15, 0.2) is 11.6 Å². The number of aromatic nitrogens is 1. The minimum atomic E-state index is -1.41. The lowest BCUT2D eigenvalue weighted by molar-refractivity contribution is 0.268. The molecule has 1 aromatic heterocycles. The van der Waals surface area contributed by atoms with Crippen LogP contribution in [0.3, 0.4) is 0 Å². The molecule has 0 N–H and O–H groups in total. The van der Waals surface area contributed by atoms with Crippen LogP contribution >= 0.6 is 11.6 Å². The van der Waals surface area contributed by atoms with Crippen molar-refractivity contribution in [3.8, 4) is 5.88 Å². The van der Waals surface area contributed by atoms with Crippen LogP contribution in [0.15, 0.2) is 30.3 Å². The molecule has 1 heterocycles. The van der Waals surface area contributed by atoms with Gasteiger partial charge < -0.3 is 4.74 Å². The summed E-state index contributed by atoms with van der Waals surface area (Å²) in [6.07, 6.45) is 0. The fourth-order valence-electron chi connectivity index (χ4n) is 1.29. The molecule has 0 radical (unpaired) electrons. The zero-order valence-corrected chi connectivity index (χ0v) is 9.72. The molecule has 94 valence electrons. The van der Waals surface area contributed by atoms with Crippen molar-refractivity contribution >= 4 is 11.6 Å². The van der Waals surface area contributed by atoms with E-state index in [0.29, 0.717) is 16.7 Å². The van der Waals surface area contributed by atoms with Crippen molar-refractivity contribution in [2.75, 3.05) is 0 Å². The molecule has 0 bridgehead atoms. The molecule has 6 heteroatoms. The van der Waals surface area contributed by atoms with Gasteiger partial charge >= 0.3 is 0 Å². The van der Waals surface area contributed by atoms with E-state index < -0.39 is 23.5 Å². The highest BCUT2D eigenvalue weighted by atomic mass is 35.5. The first kappa shape index (κ1) is 12.7. The number of halogens is 4. The lowest BCUT2D eigenvalue weighted by Crippen LogP contribution is -2.03. The smallest absolute Gasteiger partial charge is 0.253 e.